The van der Waals surface area contributed by atoms with Crippen molar-refractivity contribution in [3.63, 3.8) is 0 Å². The maximum atomic E-state index is 12.0. The van der Waals surface area contributed by atoms with Gasteiger partial charge in [0.1, 0.15) is 12.4 Å². The molecule has 0 saturated heterocycles. The molecule has 0 aromatic heterocycles. The lowest BCUT2D eigenvalue weighted by Gasteiger charge is -2.19. The molecular weight excluding hydrogens is 262 g/mol. The van der Waals surface area contributed by atoms with E-state index in [2.05, 4.69) is 12.2 Å². The van der Waals surface area contributed by atoms with Gasteiger partial charge in [0.25, 0.3) is 5.91 Å². The fourth-order valence-electron chi connectivity index (χ4n) is 2.61. The van der Waals surface area contributed by atoms with Crippen molar-refractivity contribution in [3.8, 4) is 5.75 Å². The molecule has 0 bridgehead atoms. The van der Waals surface area contributed by atoms with E-state index in [4.69, 9.17) is 16.3 Å². The average Bonchev–Trinajstić information content (AvgIpc) is 3.25. The van der Waals surface area contributed by atoms with Gasteiger partial charge in [-0.2, -0.15) is 0 Å². The van der Waals surface area contributed by atoms with Gasteiger partial charge in [-0.25, -0.2) is 0 Å². The summed E-state index contributed by atoms with van der Waals surface area (Å²) in [6.07, 6.45) is 2.55. The van der Waals surface area contributed by atoms with Crippen LogP contribution >= 0.6 is 11.6 Å². The van der Waals surface area contributed by atoms with Gasteiger partial charge < -0.3 is 10.1 Å². The predicted octanol–water partition coefficient (Wildman–Crippen LogP) is 3.13. The van der Waals surface area contributed by atoms with Gasteiger partial charge in [-0.15, -0.1) is 11.6 Å². The first kappa shape index (κ1) is 12.8. The van der Waals surface area contributed by atoms with Crippen LogP contribution in [0.15, 0.2) is 18.2 Å². The van der Waals surface area contributed by atoms with Gasteiger partial charge in [-0.1, -0.05) is 13.0 Å². The van der Waals surface area contributed by atoms with Crippen LogP contribution in [0.5, 0.6) is 5.75 Å². The Morgan fingerprint density at radius 2 is 2.21 bits per heavy atom. The Bertz CT molecular complexity index is 499. The summed E-state index contributed by atoms with van der Waals surface area (Å²) in [5.74, 6) is 1.78. The summed E-state index contributed by atoms with van der Waals surface area (Å²) >= 11 is 6.55. The van der Waals surface area contributed by atoms with E-state index < -0.39 is 0 Å². The molecular formula is C15H18ClNO2. The highest BCUT2D eigenvalue weighted by Crippen LogP contribution is 2.45. The molecule has 3 rings (SSSR count). The number of benzene rings is 1. The molecule has 0 spiro atoms. The Balaban J connectivity index is 1.89. The highest BCUT2D eigenvalue weighted by Gasteiger charge is 2.33. The molecule has 2 atom stereocenters. The van der Waals surface area contributed by atoms with Crippen molar-refractivity contribution < 1.29 is 9.53 Å². The van der Waals surface area contributed by atoms with E-state index in [9.17, 15) is 4.79 Å². The molecule has 4 heteroatoms. The Kier molecular flexibility index (Phi) is 3.40. The first-order chi connectivity index (χ1) is 9.16. The second kappa shape index (κ2) is 5.04. The minimum Gasteiger partial charge on any atom is -0.491 e. The number of carbonyl (C=O) groups is 1. The third-order valence-electron chi connectivity index (χ3n) is 4.04. The van der Waals surface area contributed by atoms with E-state index in [1.165, 1.54) is 12.8 Å². The third-order valence-corrected chi connectivity index (χ3v) is 4.69. The SMILES string of the molecule is CC(C1CC1)C(Cl)c1ccc2c(c1)C(=O)NCCO2. The summed E-state index contributed by atoms with van der Waals surface area (Å²) in [7, 11) is 0. The third kappa shape index (κ3) is 2.57. The molecule has 1 N–H and O–H groups in total. The van der Waals surface area contributed by atoms with E-state index in [1.807, 2.05) is 18.2 Å². The van der Waals surface area contributed by atoms with Gasteiger partial charge in [0, 0.05) is 0 Å². The van der Waals surface area contributed by atoms with Crippen molar-refractivity contribution in [2.75, 3.05) is 13.2 Å². The summed E-state index contributed by atoms with van der Waals surface area (Å²) in [6, 6.07) is 5.73. The number of nitrogens with one attached hydrogen (secondary N) is 1. The van der Waals surface area contributed by atoms with Gasteiger partial charge >= 0.3 is 0 Å². The smallest absolute Gasteiger partial charge is 0.255 e. The fraction of sp³-hybridized carbons (Fsp3) is 0.533. The topological polar surface area (TPSA) is 38.3 Å². The standard InChI is InChI=1S/C15H18ClNO2/c1-9(10-2-3-10)14(16)11-4-5-13-12(8-11)15(18)17-6-7-19-13/h4-5,8-10,14H,2-3,6-7H2,1H3,(H,17,18). The minimum absolute atomic E-state index is 0.0335. The van der Waals surface area contributed by atoms with Gasteiger partial charge in [-0.05, 0) is 42.4 Å². The number of carbonyl (C=O) groups excluding carboxylic acids is 1. The molecule has 1 amide bonds. The summed E-state index contributed by atoms with van der Waals surface area (Å²) in [5, 5.41) is 2.79. The largest absolute Gasteiger partial charge is 0.491 e. The van der Waals surface area contributed by atoms with Crippen LogP contribution < -0.4 is 10.1 Å². The van der Waals surface area contributed by atoms with Crippen LogP contribution in [0.1, 0.15) is 41.1 Å². The van der Waals surface area contributed by atoms with E-state index in [-0.39, 0.29) is 11.3 Å². The van der Waals surface area contributed by atoms with Crippen molar-refractivity contribution in [1.29, 1.82) is 0 Å². The predicted molar refractivity (Wildman–Crippen MR) is 74.8 cm³/mol. The van der Waals surface area contributed by atoms with Gasteiger partial charge in [0.05, 0.1) is 17.5 Å². The second-order valence-corrected chi connectivity index (χ2v) is 5.93. The van der Waals surface area contributed by atoms with Gasteiger partial charge in [0.2, 0.25) is 0 Å². The first-order valence-electron chi connectivity index (χ1n) is 6.86. The zero-order chi connectivity index (χ0) is 13.4. The van der Waals surface area contributed by atoms with Crippen molar-refractivity contribution >= 4 is 17.5 Å². The van der Waals surface area contributed by atoms with Gasteiger partial charge in [0.15, 0.2) is 0 Å². The summed E-state index contributed by atoms with van der Waals surface area (Å²) in [4.78, 5) is 12.0. The molecule has 19 heavy (non-hydrogen) atoms. The lowest BCUT2D eigenvalue weighted by atomic mass is 9.94. The number of alkyl halides is 1. The molecule has 1 saturated carbocycles. The molecule has 2 unspecified atom stereocenters. The van der Waals surface area contributed by atoms with Crippen LogP contribution in [0, 0.1) is 11.8 Å². The molecule has 1 aliphatic heterocycles. The van der Waals surface area contributed by atoms with Crippen LogP contribution in [0.3, 0.4) is 0 Å². The highest BCUT2D eigenvalue weighted by molar-refractivity contribution is 6.21. The number of hydrogen-bond acceptors (Lipinski definition) is 2. The maximum absolute atomic E-state index is 12.0. The second-order valence-electron chi connectivity index (χ2n) is 5.46. The molecule has 2 aliphatic rings. The fourth-order valence-corrected chi connectivity index (χ4v) is 2.95. The molecule has 0 radical (unpaired) electrons. The number of hydrogen-bond donors (Lipinski definition) is 1. The van der Waals surface area contributed by atoms with Crippen LogP contribution in [-0.2, 0) is 0 Å². The van der Waals surface area contributed by atoms with Crippen molar-refractivity contribution in [2.45, 2.75) is 25.1 Å². The monoisotopic (exact) mass is 279 g/mol. The molecule has 1 fully saturated rings. The molecule has 102 valence electrons. The molecule has 3 nitrogen and oxygen atoms in total. The van der Waals surface area contributed by atoms with E-state index >= 15 is 0 Å². The molecule has 1 aromatic carbocycles. The first-order valence-corrected chi connectivity index (χ1v) is 7.29. The Morgan fingerprint density at radius 3 is 2.95 bits per heavy atom. The lowest BCUT2D eigenvalue weighted by molar-refractivity contribution is 0.0957. The average molecular weight is 280 g/mol. The van der Waals surface area contributed by atoms with Crippen molar-refractivity contribution in [3.05, 3.63) is 29.3 Å². The maximum Gasteiger partial charge on any atom is 0.255 e. The Labute approximate surface area is 118 Å². The number of fused-ring (bicyclic) bond motifs is 1. The number of halogens is 1. The zero-order valence-electron chi connectivity index (χ0n) is 11.0. The highest BCUT2D eigenvalue weighted by atomic mass is 35.5. The Hall–Kier alpha value is -1.22. The molecule has 1 heterocycles. The van der Waals surface area contributed by atoms with Crippen LogP contribution in [0.4, 0.5) is 0 Å². The number of ether oxygens (including phenoxy) is 1. The summed E-state index contributed by atoms with van der Waals surface area (Å²) in [5.41, 5.74) is 1.61. The van der Waals surface area contributed by atoms with Crippen LogP contribution in [0.25, 0.3) is 0 Å². The molecule has 1 aliphatic carbocycles. The minimum atomic E-state index is -0.0720. The quantitative estimate of drug-likeness (QED) is 0.863. The van der Waals surface area contributed by atoms with Crippen LogP contribution in [0.2, 0.25) is 0 Å². The van der Waals surface area contributed by atoms with E-state index in [0.717, 1.165) is 11.5 Å². The lowest BCUT2D eigenvalue weighted by Crippen LogP contribution is -2.24. The van der Waals surface area contributed by atoms with Gasteiger partial charge in [-0.3, -0.25) is 4.79 Å². The van der Waals surface area contributed by atoms with Crippen molar-refractivity contribution in [1.82, 2.24) is 5.32 Å². The Morgan fingerprint density at radius 1 is 1.42 bits per heavy atom. The van der Waals surface area contributed by atoms with Crippen molar-refractivity contribution in [2.24, 2.45) is 11.8 Å². The molecule has 1 aromatic rings. The van der Waals surface area contributed by atoms with E-state index in [0.29, 0.717) is 30.4 Å². The zero-order valence-corrected chi connectivity index (χ0v) is 11.7. The normalized spacial score (nSPS) is 21.7. The number of rotatable bonds is 3. The summed E-state index contributed by atoms with van der Waals surface area (Å²) < 4.78 is 5.55. The van der Waals surface area contributed by atoms with Crippen LogP contribution in [-0.4, -0.2) is 19.1 Å². The summed E-state index contributed by atoms with van der Waals surface area (Å²) in [6.45, 7) is 3.25. The number of amides is 1. The van der Waals surface area contributed by atoms with E-state index in [1.54, 1.807) is 0 Å².